The smallest absolute Gasteiger partial charge is 0.239 e. The number of thiophene rings is 1. The van der Waals surface area contributed by atoms with E-state index in [1.54, 1.807) is 24.4 Å². The Morgan fingerprint density at radius 2 is 1.93 bits per heavy atom. The van der Waals surface area contributed by atoms with Crippen LogP contribution in [0, 0.1) is 0 Å². The molecule has 0 spiro atoms. The zero-order chi connectivity index (χ0) is 19.6. The van der Waals surface area contributed by atoms with E-state index in [1.165, 1.54) is 16.2 Å². The normalized spacial score (nSPS) is 10.5. The number of rotatable bonds is 9. The van der Waals surface area contributed by atoms with Crippen molar-refractivity contribution in [1.29, 1.82) is 0 Å². The van der Waals surface area contributed by atoms with Gasteiger partial charge < -0.3 is 15.5 Å². The van der Waals surface area contributed by atoms with Crippen LogP contribution in [-0.2, 0) is 20.9 Å². The molecule has 7 nitrogen and oxygen atoms in total. The predicted molar refractivity (Wildman–Crippen MR) is 105 cm³/mol. The molecule has 2 heterocycles. The molecule has 0 aliphatic heterocycles. The van der Waals surface area contributed by atoms with Crippen LogP contribution in [0.25, 0.3) is 0 Å². The summed E-state index contributed by atoms with van der Waals surface area (Å²) in [6, 6.07) is 9.02. The van der Waals surface area contributed by atoms with E-state index in [9.17, 15) is 14.4 Å². The number of nitrogens with zero attached hydrogens (tertiary/aromatic N) is 2. The fourth-order valence-corrected chi connectivity index (χ4v) is 3.10. The average Bonchev–Trinajstić information content (AvgIpc) is 3.12. The Balaban J connectivity index is 1.91. The average molecular weight is 388 g/mol. The van der Waals surface area contributed by atoms with Crippen LogP contribution in [0.4, 0.5) is 5.82 Å². The van der Waals surface area contributed by atoms with Crippen LogP contribution >= 0.6 is 11.3 Å². The lowest BCUT2D eigenvalue weighted by atomic mass is 10.2. The van der Waals surface area contributed by atoms with Crippen molar-refractivity contribution in [3.8, 4) is 0 Å². The lowest BCUT2D eigenvalue weighted by molar-refractivity contribution is -0.137. The van der Waals surface area contributed by atoms with Crippen molar-refractivity contribution in [2.24, 2.45) is 0 Å². The summed E-state index contributed by atoms with van der Waals surface area (Å²) in [5.41, 5.74) is 0. The fraction of sp³-hybridized carbons (Fsp3) is 0.368. The number of hydrogen-bond donors (Lipinski definition) is 2. The Hall–Kier alpha value is -2.74. The van der Waals surface area contributed by atoms with E-state index >= 15 is 0 Å². The molecule has 2 aromatic heterocycles. The number of nitrogens with one attached hydrogen (secondary N) is 2. The summed E-state index contributed by atoms with van der Waals surface area (Å²) in [5.74, 6) is -0.294. The van der Waals surface area contributed by atoms with Crippen molar-refractivity contribution >= 4 is 34.9 Å². The molecular formula is C19H24N4O3S. The maximum atomic E-state index is 12.6. The van der Waals surface area contributed by atoms with E-state index in [4.69, 9.17) is 0 Å². The highest BCUT2D eigenvalue weighted by Crippen LogP contribution is 2.13. The number of carbonyl (C=O) groups is 3. The molecule has 0 fully saturated rings. The van der Waals surface area contributed by atoms with Crippen molar-refractivity contribution in [2.75, 3.05) is 11.9 Å². The molecule has 2 N–H and O–H groups in total. The minimum Gasteiger partial charge on any atom is -0.352 e. The van der Waals surface area contributed by atoms with Crippen LogP contribution in [0.1, 0.15) is 31.6 Å². The van der Waals surface area contributed by atoms with E-state index < -0.39 is 0 Å². The quantitative estimate of drug-likeness (QED) is 0.690. The van der Waals surface area contributed by atoms with E-state index in [0.29, 0.717) is 12.4 Å². The van der Waals surface area contributed by atoms with Gasteiger partial charge in [-0.25, -0.2) is 4.98 Å². The highest BCUT2D eigenvalue weighted by molar-refractivity contribution is 7.09. The number of anilines is 1. The summed E-state index contributed by atoms with van der Waals surface area (Å²) in [5, 5.41) is 7.36. The van der Waals surface area contributed by atoms with Gasteiger partial charge in [0.25, 0.3) is 0 Å². The minimum atomic E-state index is -0.287. The summed E-state index contributed by atoms with van der Waals surface area (Å²) in [6.45, 7) is 4.05. The molecule has 2 rings (SSSR count). The van der Waals surface area contributed by atoms with Crippen molar-refractivity contribution in [1.82, 2.24) is 15.2 Å². The third kappa shape index (κ3) is 7.57. The molecule has 0 saturated carbocycles. The van der Waals surface area contributed by atoms with Gasteiger partial charge in [-0.15, -0.1) is 11.3 Å². The van der Waals surface area contributed by atoms with Crippen molar-refractivity contribution < 1.29 is 14.4 Å². The van der Waals surface area contributed by atoms with E-state index in [1.807, 2.05) is 31.4 Å². The Kier molecular flexibility index (Phi) is 7.94. The maximum Gasteiger partial charge on any atom is 0.239 e. The highest BCUT2D eigenvalue weighted by atomic mass is 32.1. The molecule has 0 aromatic carbocycles. The van der Waals surface area contributed by atoms with Crippen LogP contribution in [-0.4, -0.2) is 40.2 Å². The van der Waals surface area contributed by atoms with Gasteiger partial charge in [0, 0.05) is 30.0 Å². The third-order valence-corrected chi connectivity index (χ3v) is 4.42. The SMILES string of the molecule is CC(C)NC(=O)CN(Cc1cccs1)C(=O)CCC(=O)Nc1ccccn1. The molecule has 27 heavy (non-hydrogen) atoms. The molecule has 0 saturated heterocycles. The van der Waals surface area contributed by atoms with Crippen molar-refractivity contribution in [3.05, 3.63) is 46.8 Å². The Bertz CT molecular complexity index is 748. The molecule has 0 bridgehead atoms. The molecule has 3 amide bonds. The zero-order valence-corrected chi connectivity index (χ0v) is 16.3. The van der Waals surface area contributed by atoms with Gasteiger partial charge in [0.1, 0.15) is 5.82 Å². The number of aromatic nitrogens is 1. The third-order valence-electron chi connectivity index (χ3n) is 3.56. The van der Waals surface area contributed by atoms with E-state index in [-0.39, 0.29) is 43.1 Å². The largest absolute Gasteiger partial charge is 0.352 e. The molecule has 8 heteroatoms. The summed E-state index contributed by atoms with van der Waals surface area (Å²) in [7, 11) is 0. The molecule has 0 unspecified atom stereocenters. The van der Waals surface area contributed by atoms with Crippen LogP contribution in [0.2, 0.25) is 0 Å². The number of carbonyl (C=O) groups excluding carboxylic acids is 3. The number of hydrogen-bond acceptors (Lipinski definition) is 5. The molecule has 2 aromatic rings. The molecule has 0 radical (unpaired) electrons. The van der Waals surface area contributed by atoms with Gasteiger partial charge in [0.05, 0.1) is 13.1 Å². The predicted octanol–water partition coefficient (Wildman–Crippen LogP) is 2.42. The summed E-state index contributed by atoms with van der Waals surface area (Å²) >= 11 is 1.52. The topological polar surface area (TPSA) is 91.4 Å². The summed E-state index contributed by atoms with van der Waals surface area (Å²) in [6.07, 6.45) is 1.64. The number of pyridine rings is 1. The molecule has 0 aliphatic carbocycles. The van der Waals surface area contributed by atoms with Gasteiger partial charge in [-0.1, -0.05) is 12.1 Å². The number of amides is 3. The van der Waals surface area contributed by atoms with Gasteiger partial charge >= 0.3 is 0 Å². The first kappa shape index (κ1) is 20.6. The molecule has 144 valence electrons. The van der Waals surface area contributed by atoms with Crippen LogP contribution < -0.4 is 10.6 Å². The first-order chi connectivity index (χ1) is 12.9. The second kappa shape index (κ2) is 10.4. The first-order valence-corrected chi connectivity index (χ1v) is 9.62. The van der Waals surface area contributed by atoms with Gasteiger partial charge in [0.15, 0.2) is 0 Å². The lowest BCUT2D eigenvalue weighted by Gasteiger charge is -2.22. The summed E-state index contributed by atoms with van der Waals surface area (Å²) < 4.78 is 0. The lowest BCUT2D eigenvalue weighted by Crippen LogP contribution is -2.42. The summed E-state index contributed by atoms with van der Waals surface area (Å²) in [4.78, 5) is 43.2. The molecular weight excluding hydrogens is 364 g/mol. The van der Waals surface area contributed by atoms with Crippen LogP contribution in [0.3, 0.4) is 0 Å². The fourth-order valence-electron chi connectivity index (χ4n) is 2.38. The van der Waals surface area contributed by atoms with E-state index in [2.05, 4.69) is 15.6 Å². The van der Waals surface area contributed by atoms with Gasteiger partial charge in [0.2, 0.25) is 17.7 Å². The Morgan fingerprint density at radius 3 is 2.56 bits per heavy atom. The zero-order valence-electron chi connectivity index (χ0n) is 15.5. The Morgan fingerprint density at radius 1 is 1.11 bits per heavy atom. The second-order valence-corrected chi connectivity index (χ2v) is 7.35. The highest BCUT2D eigenvalue weighted by Gasteiger charge is 2.19. The van der Waals surface area contributed by atoms with Gasteiger partial charge in [-0.05, 0) is 37.4 Å². The molecule has 0 aliphatic rings. The molecule has 0 atom stereocenters. The Labute approximate surface area is 162 Å². The maximum absolute atomic E-state index is 12.6. The van der Waals surface area contributed by atoms with Crippen molar-refractivity contribution in [2.45, 2.75) is 39.3 Å². The second-order valence-electron chi connectivity index (χ2n) is 6.31. The van der Waals surface area contributed by atoms with Crippen LogP contribution in [0.5, 0.6) is 0 Å². The monoisotopic (exact) mass is 388 g/mol. The minimum absolute atomic E-state index is 0.000315. The first-order valence-electron chi connectivity index (χ1n) is 8.74. The van der Waals surface area contributed by atoms with Crippen LogP contribution in [0.15, 0.2) is 41.9 Å². The standard InChI is InChI=1S/C19H24N4O3S/c1-14(2)21-18(25)13-23(12-15-6-5-11-27-15)19(26)9-8-17(24)22-16-7-3-4-10-20-16/h3-7,10-11,14H,8-9,12-13H2,1-2H3,(H,21,25)(H,20,22,24). The van der Waals surface area contributed by atoms with E-state index in [0.717, 1.165) is 4.88 Å². The van der Waals surface area contributed by atoms with Gasteiger partial charge in [-0.3, -0.25) is 14.4 Å². The van der Waals surface area contributed by atoms with Crippen molar-refractivity contribution in [3.63, 3.8) is 0 Å². The van der Waals surface area contributed by atoms with Gasteiger partial charge in [-0.2, -0.15) is 0 Å².